The van der Waals surface area contributed by atoms with Gasteiger partial charge in [0.05, 0.1) is 0 Å². The number of amides is 2. The third-order valence-corrected chi connectivity index (χ3v) is 4.06. The highest BCUT2D eigenvalue weighted by Crippen LogP contribution is 2.12. The molecule has 1 aliphatic rings. The lowest BCUT2D eigenvalue weighted by molar-refractivity contribution is -0.128. The van der Waals surface area contributed by atoms with Gasteiger partial charge in [-0.05, 0) is 31.0 Å². The summed E-state index contributed by atoms with van der Waals surface area (Å²) in [7, 11) is 0. The van der Waals surface area contributed by atoms with Crippen molar-refractivity contribution < 1.29 is 9.59 Å². The number of carbonyl (C=O) groups is 2. The molecule has 3 rings (SSSR count). The molecule has 22 heavy (non-hydrogen) atoms. The summed E-state index contributed by atoms with van der Waals surface area (Å²) in [6.45, 7) is 6.10. The van der Waals surface area contributed by atoms with Crippen LogP contribution in [0.1, 0.15) is 29.4 Å². The van der Waals surface area contributed by atoms with Crippen molar-refractivity contribution >= 4 is 17.5 Å². The Morgan fingerprint density at radius 2 is 1.86 bits per heavy atom. The summed E-state index contributed by atoms with van der Waals surface area (Å²) < 4.78 is 1.86. The average molecular weight is 300 g/mol. The van der Waals surface area contributed by atoms with Gasteiger partial charge in [0.1, 0.15) is 11.3 Å². The van der Waals surface area contributed by atoms with Crippen LogP contribution in [0, 0.1) is 6.92 Å². The number of fused-ring (bicyclic) bond motifs is 1. The number of aromatic nitrogens is 2. The van der Waals surface area contributed by atoms with E-state index in [-0.39, 0.29) is 11.8 Å². The fourth-order valence-corrected chi connectivity index (χ4v) is 2.78. The smallest absolute Gasteiger partial charge is 0.274 e. The first-order valence-electron chi connectivity index (χ1n) is 7.55. The van der Waals surface area contributed by atoms with Gasteiger partial charge in [0.2, 0.25) is 5.91 Å². The van der Waals surface area contributed by atoms with Crippen LogP contribution in [-0.2, 0) is 4.79 Å². The van der Waals surface area contributed by atoms with E-state index in [4.69, 9.17) is 0 Å². The lowest BCUT2D eigenvalue weighted by atomic mass is 10.3. The largest absolute Gasteiger partial charge is 0.341 e. The van der Waals surface area contributed by atoms with Gasteiger partial charge in [0, 0.05) is 45.5 Å². The zero-order chi connectivity index (χ0) is 15.7. The van der Waals surface area contributed by atoms with Crippen LogP contribution in [0.2, 0.25) is 0 Å². The van der Waals surface area contributed by atoms with Crippen molar-refractivity contribution in [2.75, 3.05) is 26.2 Å². The predicted molar refractivity (Wildman–Crippen MR) is 82.7 cm³/mol. The molecule has 0 N–H and O–H groups in total. The Bertz CT molecular complexity index is 722. The third-order valence-electron chi connectivity index (χ3n) is 4.06. The van der Waals surface area contributed by atoms with Crippen molar-refractivity contribution in [1.82, 2.24) is 19.2 Å². The zero-order valence-corrected chi connectivity index (χ0v) is 13.0. The molecule has 0 radical (unpaired) electrons. The summed E-state index contributed by atoms with van der Waals surface area (Å²) >= 11 is 0. The fraction of sp³-hybridized carbons (Fsp3) is 0.438. The molecule has 0 spiro atoms. The number of nitrogens with zero attached hydrogens (tertiary/aromatic N) is 4. The SMILES string of the molecule is CC(=O)N1CCCN(C(=O)c2cn3ccc(C)cc3n2)CC1. The summed E-state index contributed by atoms with van der Waals surface area (Å²) in [5, 5.41) is 0. The van der Waals surface area contributed by atoms with Crippen molar-refractivity contribution in [3.05, 3.63) is 35.8 Å². The monoisotopic (exact) mass is 300 g/mol. The van der Waals surface area contributed by atoms with Crippen LogP contribution in [0.4, 0.5) is 0 Å². The number of rotatable bonds is 1. The van der Waals surface area contributed by atoms with Crippen molar-refractivity contribution in [2.24, 2.45) is 0 Å². The molecule has 1 fully saturated rings. The first-order valence-corrected chi connectivity index (χ1v) is 7.55. The number of aryl methyl sites for hydroxylation is 1. The van der Waals surface area contributed by atoms with Gasteiger partial charge in [-0.1, -0.05) is 0 Å². The second-order valence-electron chi connectivity index (χ2n) is 5.75. The minimum Gasteiger partial charge on any atom is -0.341 e. The minimum atomic E-state index is -0.0632. The van der Waals surface area contributed by atoms with Gasteiger partial charge in [-0.15, -0.1) is 0 Å². The van der Waals surface area contributed by atoms with E-state index in [9.17, 15) is 9.59 Å². The van der Waals surface area contributed by atoms with E-state index >= 15 is 0 Å². The highest BCUT2D eigenvalue weighted by molar-refractivity contribution is 5.93. The Balaban J connectivity index is 1.78. The predicted octanol–water partition coefficient (Wildman–Crippen LogP) is 1.34. The molecule has 3 heterocycles. The molecule has 2 amide bonds. The van der Waals surface area contributed by atoms with Crippen molar-refractivity contribution in [3.8, 4) is 0 Å². The molecule has 0 unspecified atom stereocenters. The van der Waals surface area contributed by atoms with E-state index < -0.39 is 0 Å². The van der Waals surface area contributed by atoms with E-state index in [1.54, 1.807) is 22.9 Å². The minimum absolute atomic E-state index is 0.0632. The topological polar surface area (TPSA) is 57.9 Å². The molecule has 1 aliphatic heterocycles. The third kappa shape index (κ3) is 2.81. The summed E-state index contributed by atoms with van der Waals surface area (Å²) in [4.78, 5) is 32.1. The molecule has 0 bridgehead atoms. The molecule has 1 saturated heterocycles. The molecule has 6 heteroatoms. The molecule has 0 aromatic carbocycles. The van der Waals surface area contributed by atoms with Crippen molar-refractivity contribution in [3.63, 3.8) is 0 Å². The molecule has 116 valence electrons. The molecular weight excluding hydrogens is 280 g/mol. The Kier molecular flexibility index (Phi) is 3.83. The normalized spacial score (nSPS) is 15.9. The van der Waals surface area contributed by atoms with E-state index in [0.29, 0.717) is 31.9 Å². The van der Waals surface area contributed by atoms with Gasteiger partial charge < -0.3 is 14.2 Å². The highest BCUT2D eigenvalue weighted by atomic mass is 16.2. The van der Waals surface area contributed by atoms with Crippen LogP contribution < -0.4 is 0 Å². The highest BCUT2D eigenvalue weighted by Gasteiger charge is 2.23. The van der Waals surface area contributed by atoms with Crippen LogP contribution in [0.5, 0.6) is 0 Å². The van der Waals surface area contributed by atoms with Crippen molar-refractivity contribution in [1.29, 1.82) is 0 Å². The average Bonchev–Trinajstić information content (AvgIpc) is 2.74. The number of imidazole rings is 1. The molecule has 0 aliphatic carbocycles. The number of hydrogen-bond acceptors (Lipinski definition) is 3. The van der Waals surface area contributed by atoms with Crippen LogP contribution in [0.15, 0.2) is 24.5 Å². The zero-order valence-electron chi connectivity index (χ0n) is 13.0. The molecular formula is C16H20N4O2. The summed E-state index contributed by atoms with van der Waals surface area (Å²) in [5.41, 5.74) is 2.36. The van der Waals surface area contributed by atoms with E-state index in [1.165, 1.54) is 0 Å². The van der Waals surface area contributed by atoms with E-state index in [0.717, 1.165) is 17.6 Å². The van der Waals surface area contributed by atoms with Gasteiger partial charge in [0.15, 0.2) is 0 Å². The Morgan fingerprint density at radius 3 is 2.64 bits per heavy atom. The maximum absolute atomic E-state index is 12.6. The number of carbonyl (C=O) groups excluding carboxylic acids is 2. The fourth-order valence-electron chi connectivity index (χ4n) is 2.78. The van der Waals surface area contributed by atoms with E-state index in [1.807, 2.05) is 29.7 Å². The summed E-state index contributed by atoms with van der Waals surface area (Å²) in [6.07, 6.45) is 4.48. The van der Waals surface area contributed by atoms with Gasteiger partial charge in [0.25, 0.3) is 5.91 Å². The summed E-state index contributed by atoms with van der Waals surface area (Å²) in [5.74, 6) is 0.00394. The van der Waals surface area contributed by atoms with Gasteiger partial charge in [-0.3, -0.25) is 9.59 Å². The van der Waals surface area contributed by atoms with Crippen LogP contribution >= 0.6 is 0 Å². The molecule has 2 aromatic rings. The van der Waals surface area contributed by atoms with Crippen LogP contribution in [-0.4, -0.2) is 57.2 Å². The molecule has 6 nitrogen and oxygen atoms in total. The lowest BCUT2D eigenvalue weighted by Crippen LogP contribution is -2.36. The van der Waals surface area contributed by atoms with E-state index in [2.05, 4.69) is 4.98 Å². The first-order chi connectivity index (χ1) is 10.5. The maximum Gasteiger partial charge on any atom is 0.274 e. The Morgan fingerprint density at radius 1 is 1.14 bits per heavy atom. The standard InChI is InChI=1S/C16H20N4O2/c1-12-4-7-20-11-14(17-15(20)10-12)16(22)19-6-3-5-18(8-9-19)13(2)21/h4,7,10-11H,3,5-6,8-9H2,1-2H3. The van der Waals surface area contributed by atoms with Crippen LogP contribution in [0.25, 0.3) is 5.65 Å². The first kappa shape index (κ1) is 14.6. The van der Waals surface area contributed by atoms with Crippen molar-refractivity contribution in [2.45, 2.75) is 20.3 Å². The number of pyridine rings is 1. The Labute approximate surface area is 129 Å². The van der Waals surface area contributed by atoms with Gasteiger partial charge >= 0.3 is 0 Å². The van der Waals surface area contributed by atoms with Gasteiger partial charge in [-0.25, -0.2) is 4.98 Å². The maximum atomic E-state index is 12.6. The second-order valence-corrected chi connectivity index (χ2v) is 5.75. The van der Waals surface area contributed by atoms with Gasteiger partial charge in [-0.2, -0.15) is 0 Å². The molecule has 0 saturated carbocycles. The second kappa shape index (κ2) is 5.79. The molecule has 0 atom stereocenters. The quantitative estimate of drug-likeness (QED) is 0.798. The summed E-state index contributed by atoms with van der Waals surface area (Å²) in [6, 6.07) is 3.94. The van der Waals surface area contributed by atoms with Crippen LogP contribution in [0.3, 0.4) is 0 Å². The number of hydrogen-bond donors (Lipinski definition) is 0. The Hall–Kier alpha value is -2.37. The lowest BCUT2D eigenvalue weighted by Gasteiger charge is -2.20. The molecule has 2 aromatic heterocycles.